The quantitative estimate of drug-likeness (QED) is 0.577. The van der Waals surface area contributed by atoms with Gasteiger partial charge in [0, 0.05) is 6.20 Å². The maximum Gasteiger partial charge on any atom is 0.338 e. The van der Waals surface area contributed by atoms with E-state index < -0.39 is 23.9 Å². The summed E-state index contributed by atoms with van der Waals surface area (Å²) in [5, 5.41) is 18.9. The second kappa shape index (κ2) is 5.01. The van der Waals surface area contributed by atoms with Crippen LogP contribution in [0.5, 0.6) is 0 Å². The van der Waals surface area contributed by atoms with Crippen LogP contribution in [0.3, 0.4) is 0 Å². The summed E-state index contributed by atoms with van der Waals surface area (Å²) in [5.74, 6) is -4.23. The average Bonchev–Trinajstić information content (AvgIpc) is 2.25. The predicted molar refractivity (Wildman–Crippen MR) is 53.3 cm³/mol. The molecule has 1 rings (SSSR count). The van der Waals surface area contributed by atoms with E-state index in [1.807, 2.05) is 5.32 Å². The number of hydrogen-bond donors (Lipinski definition) is 3. The Morgan fingerprint density at radius 2 is 1.76 bits per heavy atom. The van der Waals surface area contributed by atoms with Crippen LogP contribution in [0.1, 0.15) is 16.2 Å². The Balaban J connectivity index is 2.81. The van der Waals surface area contributed by atoms with Crippen molar-refractivity contribution in [3.8, 4) is 0 Å². The van der Waals surface area contributed by atoms with E-state index in [0.29, 0.717) is 5.69 Å². The molecule has 0 radical (unpaired) electrons. The van der Waals surface area contributed by atoms with E-state index in [1.54, 1.807) is 6.92 Å². The van der Waals surface area contributed by atoms with Crippen LogP contribution in [-0.4, -0.2) is 44.1 Å². The lowest BCUT2D eigenvalue weighted by Crippen LogP contribution is -2.46. The molecule has 0 fully saturated rings. The smallest absolute Gasteiger partial charge is 0.338 e. The molecule has 0 aliphatic heterocycles. The van der Waals surface area contributed by atoms with Gasteiger partial charge in [-0.15, -0.1) is 0 Å². The van der Waals surface area contributed by atoms with E-state index in [4.69, 9.17) is 10.2 Å². The van der Waals surface area contributed by atoms with Crippen LogP contribution in [0.2, 0.25) is 0 Å². The summed E-state index contributed by atoms with van der Waals surface area (Å²) in [6, 6.07) is -2.01. The van der Waals surface area contributed by atoms with Crippen molar-refractivity contribution in [1.82, 2.24) is 15.3 Å². The van der Waals surface area contributed by atoms with E-state index in [0.717, 1.165) is 6.20 Å². The maximum absolute atomic E-state index is 11.4. The zero-order valence-electron chi connectivity index (χ0n) is 8.75. The molecule has 17 heavy (non-hydrogen) atoms. The number of hydrogen-bond acceptors (Lipinski definition) is 5. The summed E-state index contributed by atoms with van der Waals surface area (Å²) < 4.78 is 0. The van der Waals surface area contributed by atoms with Gasteiger partial charge < -0.3 is 15.5 Å². The van der Waals surface area contributed by atoms with Crippen molar-refractivity contribution >= 4 is 17.8 Å². The summed E-state index contributed by atoms with van der Waals surface area (Å²) in [4.78, 5) is 40.0. The first kappa shape index (κ1) is 12.6. The van der Waals surface area contributed by atoms with Crippen LogP contribution >= 0.6 is 0 Å². The molecule has 0 spiro atoms. The minimum absolute atomic E-state index is 0.150. The number of carbonyl (C=O) groups is 3. The molecule has 0 saturated heterocycles. The van der Waals surface area contributed by atoms with E-state index in [2.05, 4.69) is 9.97 Å². The molecule has 0 aromatic carbocycles. The first-order chi connectivity index (χ1) is 7.91. The second-order valence-corrected chi connectivity index (χ2v) is 3.13. The monoisotopic (exact) mass is 239 g/mol. The normalized spacial score (nSPS) is 10.0. The van der Waals surface area contributed by atoms with Crippen molar-refractivity contribution in [1.29, 1.82) is 0 Å². The zero-order valence-corrected chi connectivity index (χ0v) is 8.75. The van der Waals surface area contributed by atoms with Gasteiger partial charge in [0.15, 0.2) is 0 Å². The predicted octanol–water partition coefficient (Wildman–Crippen LogP) is -0.947. The summed E-state index contributed by atoms with van der Waals surface area (Å²) in [7, 11) is 0. The standard InChI is InChI=1S/C9H9N3O5/c1-4-2-11-5(3-10-4)7(13)12-6(8(14)15)9(16)17/h2-3,6H,1H3,(H,12,13)(H,14,15)(H,16,17). The molecule has 1 aromatic rings. The molecule has 90 valence electrons. The number of nitrogens with one attached hydrogen (secondary N) is 1. The van der Waals surface area contributed by atoms with Crippen molar-refractivity contribution in [2.24, 2.45) is 0 Å². The highest BCUT2D eigenvalue weighted by atomic mass is 16.4. The molecule has 1 heterocycles. The summed E-state index contributed by atoms with van der Waals surface area (Å²) in [6.07, 6.45) is 2.44. The molecule has 0 aliphatic rings. The fraction of sp³-hybridized carbons (Fsp3) is 0.222. The number of carbonyl (C=O) groups excluding carboxylic acids is 1. The van der Waals surface area contributed by atoms with Gasteiger partial charge >= 0.3 is 11.9 Å². The number of carboxylic acids is 2. The van der Waals surface area contributed by atoms with Crippen molar-refractivity contribution in [3.63, 3.8) is 0 Å². The number of aliphatic carboxylic acids is 2. The Morgan fingerprint density at radius 1 is 1.18 bits per heavy atom. The van der Waals surface area contributed by atoms with Crippen LogP contribution in [0.4, 0.5) is 0 Å². The third kappa shape index (κ3) is 3.23. The van der Waals surface area contributed by atoms with E-state index in [-0.39, 0.29) is 5.69 Å². The number of nitrogens with zero attached hydrogens (tertiary/aromatic N) is 2. The fourth-order valence-electron chi connectivity index (χ4n) is 0.944. The SMILES string of the molecule is Cc1cnc(C(=O)NC(C(=O)O)C(=O)O)cn1. The largest absolute Gasteiger partial charge is 0.479 e. The molecule has 0 saturated carbocycles. The van der Waals surface area contributed by atoms with Gasteiger partial charge in [0.1, 0.15) is 5.69 Å². The molecule has 0 bridgehead atoms. The van der Waals surface area contributed by atoms with Gasteiger partial charge in [0.25, 0.3) is 5.91 Å². The van der Waals surface area contributed by atoms with Crippen LogP contribution in [0.15, 0.2) is 12.4 Å². The number of rotatable bonds is 4. The lowest BCUT2D eigenvalue weighted by atomic mass is 10.3. The van der Waals surface area contributed by atoms with Crippen LogP contribution in [0.25, 0.3) is 0 Å². The number of aryl methyl sites for hydroxylation is 1. The molecule has 0 atom stereocenters. The number of aromatic nitrogens is 2. The van der Waals surface area contributed by atoms with Gasteiger partial charge in [-0.05, 0) is 6.92 Å². The molecule has 3 N–H and O–H groups in total. The Hall–Kier alpha value is -2.51. The van der Waals surface area contributed by atoms with Crippen molar-refractivity contribution in [2.45, 2.75) is 13.0 Å². The first-order valence-electron chi connectivity index (χ1n) is 4.47. The Labute approximate surface area is 95.3 Å². The molecule has 8 nitrogen and oxygen atoms in total. The van der Waals surface area contributed by atoms with Gasteiger partial charge in [-0.25, -0.2) is 14.6 Å². The van der Waals surface area contributed by atoms with Gasteiger partial charge in [-0.3, -0.25) is 9.78 Å². The molecular weight excluding hydrogens is 230 g/mol. The van der Waals surface area contributed by atoms with E-state index in [9.17, 15) is 14.4 Å². The summed E-state index contributed by atoms with van der Waals surface area (Å²) >= 11 is 0. The first-order valence-corrected chi connectivity index (χ1v) is 4.47. The highest BCUT2D eigenvalue weighted by Crippen LogP contribution is 1.95. The van der Waals surface area contributed by atoms with Crippen LogP contribution in [0, 0.1) is 6.92 Å². The molecular formula is C9H9N3O5. The lowest BCUT2D eigenvalue weighted by Gasteiger charge is -2.09. The summed E-state index contributed by atoms with van der Waals surface area (Å²) in [6.45, 7) is 1.66. The van der Waals surface area contributed by atoms with Crippen molar-refractivity contribution < 1.29 is 24.6 Å². The van der Waals surface area contributed by atoms with Gasteiger partial charge in [0.2, 0.25) is 6.04 Å². The molecule has 0 unspecified atom stereocenters. The third-order valence-corrected chi connectivity index (χ3v) is 1.78. The Bertz CT molecular complexity index is 442. The van der Waals surface area contributed by atoms with E-state index >= 15 is 0 Å². The Morgan fingerprint density at radius 3 is 2.18 bits per heavy atom. The molecule has 1 amide bonds. The maximum atomic E-state index is 11.4. The minimum Gasteiger partial charge on any atom is -0.479 e. The van der Waals surface area contributed by atoms with Crippen LogP contribution in [-0.2, 0) is 9.59 Å². The Kier molecular flexibility index (Phi) is 3.70. The van der Waals surface area contributed by atoms with E-state index in [1.165, 1.54) is 6.20 Å². The lowest BCUT2D eigenvalue weighted by molar-refractivity contribution is -0.150. The van der Waals surface area contributed by atoms with Gasteiger partial charge in [-0.1, -0.05) is 0 Å². The zero-order chi connectivity index (χ0) is 13.0. The van der Waals surface area contributed by atoms with Crippen molar-refractivity contribution in [3.05, 3.63) is 23.8 Å². The van der Waals surface area contributed by atoms with Crippen molar-refractivity contribution in [2.75, 3.05) is 0 Å². The number of carboxylic acid groups (broad SMARTS) is 2. The van der Waals surface area contributed by atoms with Gasteiger partial charge in [0.05, 0.1) is 11.9 Å². The third-order valence-electron chi connectivity index (χ3n) is 1.78. The minimum atomic E-state index is -2.01. The second-order valence-electron chi connectivity index (χ2n) is 3.13. The molecule has 1 aromatic heterocycles. The molecule has 0 aliphatic carbocycles. The molecule has 8 heteroatoms. The average molecular weight is 239 g/mol. The van der Waals surface area contributed by atoms with Crippen LogP contribution < -0.4 is 5.32 Å². The fourth-order valence-corrected chi connectivity index (χ4v) is 0.944. The number of amides is 1. The highest BCUT2D eigenvalue weighted by Gasteiger charge is 2.28. The summed E-state index contributed by atoms with van der Waals surface area (Å²) in [5.41, 5.74) is 0.428. The highest BCUT2D eigenvalue weighted by molar-refractivity contribution is 6.03. The topological polar surface area (TPSA) is 129 Å². The van der Waals surface area contributed by atoms with Gasteiger partial charge in [-0.2, -0.15) is 0 Å².